The first-order chi connectivity index (χ1) is 8.50. The molecule has 0 radical (unpaired) electrons. The zero-order valence-electron chi connectivity index (χ0n) is 10.1. The molecule has 0 amide bonds. The summed E-state index contributed by atoms with van der Waals surface area (Å²) in [6.45, 7) is 0. The quantitative estimate of drug-likeness (QED) is 0.771. The molecular weight excluding hydrogens is 250 g/mol. The Bertz CT molecular complexity index is 553. The second-order valence-electron chi connectivity index (χ2n) is 5.29. The van der Waals surface area contributed by atoms with E-state index in [0.29, 0.717) is 19.3 Å². The van der Waals surface area contributed by atoms with Gasteiger partial charge in [0.15, 0.2) is 9.84 Å². The maximum absolute atomic E-state index is 11.5. The summed E-state index contributed by atoms with van der Waals surface area (Å²) in [6, 6.07) is 7.71. The Kier molecular flexibility index (Phi) is 2.64. The number of para-hydroxylation sites is 1. The van der Waals surface area contributed by atoms with Crippen molar-refractivity contribution in [1.82, 2.24) is 0 Å². The van der Waals surface area contributed by atoms with Gasteiger partial charge >= 0.3 is 0 Å². The molecule has 2 N–H and O–H groups in total. The van der Waals surface area contributed by atoms with Crippen molar-refractivity contribution in [2.45, 2.75) is 30.9 Å². The highest BCUT2D eigenvalue weighted by atomic mass is 32.2. The largest absolute Gasteiger partial charge is 0.487 e. The number of fused-ring (bicyclic) bond motifs is 1. The first-order valence-corrected chi connectivity index (χ1v) is 8.06. The molecule has 1 atom stereocenters. The van der Waals surface area contributed by atoms with Crippen LogP contribution in [0, 0.1) is 0 Å². The lowest BCUT2D eigenvalue weighted by Crippen LogP contribution is -2.48. The second kappa shape index (κ2) is 3.96. The maximum atomic E-state index is 11.5. The normalized spacial score (nSPS) is 28.4. The first kappa shape index (κ1) is 12.0. The Morgan fingerprint density at radius 1 is 1.22 bits per heavy atom. The minimum Gasteiger partial charge on any atom is -0.487 e. The van der Waals surface area contributed by atoms with Crippen molar-refractivity contribution >= 4 is 9.84 Å². The average molecular weight is 267 g/mol. The number of rotatable bonds is 0. The second-order valence-corrected chi connectivity index (χ2v) is 7.59. The Morgan fingerprint density at radius 3 is 2.61 bits per heavy atom. The van der Waals surface area contributed by atoms with Gasteiger partial charge in [-0.15, -0.1) is 0 Å². The van der Waals surface area contributed by atoms with Gasteiger partial charge in [-0.2, -0.15) is 0 Å². The third-order valence-electron chi connectivity index (χ3n) is 3.97. The van der Waals surface area contributed by atoms with Crippen LogP contribution in [-0.2, 0) is 9.84 Å². The van der Waals surface area contributed by atoms with Crippen LogP contribution in [0.3, 0.4) is 0 Å². The van der Waals surface area contributed by atoms with Crippen LogP contribution in [0.25, 0.3) is 0 Å². The summed E-state index contributed by atoms with van der Waals surface area (Å²) in [5.41, 5.74) is 6.84. The highest BCUT2D eigenvalue weighted by molar-refractivity contribution is 7.91. The maximum Gasteiger partial charge on any atom is 0.150 e. The fourth-order valence-corrected chi connectivity index (χ4v) is 4.45. The molecule has 2 aliphatic heterocycles. The molecule has 1 fully saturated rings. The molecule has 0 saturated carbocycles. The Morgan fingerprint density at radius 2 is 1.89 bits per heavy atom. The summed E-state index contributed by atoms with van der Waals surface area (Å²) < 4.78 is 29.1. The Balaban J connectivity index is 1.90. The van der Waals surface area contributed by atoms with Crippen molar-refractivity contribution in [1.29, 1.82) is 0 Å². The number of nitrogens with two attached hydrogens (primary N) is 1. The minimum atomic E-state index is -2.87. The smallest absolute Gasteiger partial charge is 0.150 e. The minimum absolute atomic E-state index is 0.0595. The van der Waals surface area contributed by atoms with Gasteiger partial charge in [-0.1, -0.05) is 18.2 Å². The Labute approximate surface area is 107 Å². The number of hydrogen-bond donors (Lipinski definition) is 1. The van der Waals surface area contributed by atoms with Crippen LogP contribution in [0.4, 0.5) is 0 Å². The van der Waals surface area contributed by atoms with Crippen molar-refractivity contribution in [3.8, 4) is 5.75 Å². The van der Waals surface area contributed by atoms with Crippen LogP contribution in [0.2, 0.25) is 0 Å². The molecule has 0 aromatic heterocycles. The van der Waals surface area contributed by atoms with Crippen molar-refractivity contribution in [2.75, 3.05) is 11.5 Å². The van der Waals surface area contributed by atoms with E-state index in [2.05, 4.69) is 0 Å². The highest BCUT2D eigenvalue weighted by Crippen LogP contribution is 2.43. The average Bonchev–Trinajstić information content (AvgIpc) is 2.34. The number of benzene rings is 1. The molecule has 1 aromatic rings. The van der Waals surface area contributed by atoms with Crippen molar-refractivity contribution in [3.63, 3.8) is 0 Å². The summed E-state index contributed by atoms with van der Waals surface area (Å²) in [6.07, 6.45) is 1.81. The molecule has 4 nitrogen and oxygen atoms in total. The summed E-state index contributed by atoms with van der Waals surface area (Å²) >= 11 is 0. The fourth-order valence-electron chi connectivity index (χ4n) is 2.88. The van der Waals surface area contributed by atoms with Gasteiger partial charge in [-0.3, -0.25) is 0 Å². The zero-order chi connectivity index (χ0) is 12.8. The third-order valence-corrected chi connectivity index (χ3v) is 5.63. The fraction of sp³-hybridized carbons (Fsp3) is 0.538. The van der Waals surface area contributed by atoms with Gasteiger partial charge in [0.05, 0.1) is 11.5 Å². The van der Waals surface area contributed by atoms with Crippen LogP contribution in [-0.4, -0.2) is 25.5 Å². The highest BCUT2D eigenvalue weighted by Gasteiger charge is 2.43. The lowest BCUT2D eigenvalue weighted by Gasteiger charge is -2.43. The molecule has 18 heavy (non-hydrogen) atoms. The van der Waals surface area contributed by atoms with Crippen LogP contribution in [0.5, 0.6) is 5.75 Å². The number of ether oxygens (including phenoxy) is 1. The van der Waals surface area contributed by atoms with E-state index in [0.717, 1.165) is 11.3 Å². The SMILES string of the molecule is N[C@@H]1CC2(CCS(=O)(=O)CC2)Oc2ccccc21. The molecule has 1 aromatic carbocycles. The predicted octanol–water partition coefficient (Wildman–Crippen LogP) is 1.42. The van der Waals surface area contributed by atoms with Gasteiger partial charge in [-0.25, -0.2) is 8.42 Å². The number of hydrogen-bond acceptors (Lipinski definition) is 4. The van der Waals surface area contributed by atoms with Gasteiger partial charge in [0.2, 0.25) is 0 Å². The lowest BCUT2D eigenvalue weighted by atomic mass is 9.83. The standard InChI is InChI=1S/C13H17NO3S/c14-11-9-13(5-7-18(15,16)8-6-13)17-12-4-2-1-3-10(11)12/h1-4,11H,5-9,14H2/t11-/m1/s1. The van der Waals surface area contributed by atoms with E-state index in [1.54, 1.807) is 0 Å². The molecule has 5 heteroatoms. The van der Waals surface area contributed by atoms with Crippen LogP contribution in [0.15, 0.2) is 24.3 Å². The summed E-state index contributed by atoms with van der Waals surface area (Å²) in [5.74, 6) is 1.24. The van der Waals surface area contributed by atoms with Gasteiger partial charge < -0.3 is 10.5 Å². The monoisotopic (exact) mass is 267 g/mol. The van der Waals surface area contributed by atoms with E-state index in [1.807, 2.05) is 24.3 Å². The van der Waals surface area contributed by atoms with Gasteiger partial charge in [0.25, 0.3) is 0 Å². The molecule has 1 saturated heterocycles. The van der Waals surface area contributed by atoms with E-state index in [4.69, 9.17) is 10.5 Å². The van der Waals surface area contributed by atoms with Crippen LogP contribution in [0.1, 0.15) is 30.9 Å². The molecule has 3 rings (SSSR count). The van der Waals surface area contributed by atoms with Crippen LogP contribution < -0.4 is 10.5 Å². The van der Waals surface area contributed by atoms with Crippen LogP contribution >= 0.6 is 0 Å². The van der Waals surface area contributed by atoms with Crippen molar-refractivity contribution < 1.29 is 13.2 Å². The van der Waals surface area contributed by atoms with E-state index < -0.39 is 9.84 Å². The van der Waals surface area contributed by atoms with E-state index in [-0.39, 0.29) is 23.1 Å². The first-order valence-electron chi connectivity index (χ1n) is 6.24. The molecule has 0 unspecified atom stereocenters. The summed E-state index contributed by atoms with van der Waals surface area (Å²) in [4.78, 5) is 0. The van der Waals surface area contributed by atoms with E-state index >= 15 is 0 Å². The number of sulfone groups is 1. The molecule has 98 valence electrons. The third kappa shape index (κ3) is 2.01. The summed E-state index contributed by atoms with van der Waals surface area (Å²) in [7, 11) is -2.87. The predicted molar refractivity (Wildman–Crippen MR) is 69.2 cm³/mol. The molecule has 0 bridgehead atoms. The van der Waals surface area contributed by atoms with Gasteiger partial charge in [0.1, 0.15) is 11.4 Å². The summed E-state index contributed by atoms with van der Waals surface area (Å²) in [5, 5.41) is 0. The molecular formula is C13H17NO3S. The van der Waals surface area contributed by atoms with Gasteiger partial charge in [0, 0.05) is 30.9 Å². The van der Waals surface area contributed by atoms with Gasteiger partial charge in [-0.05, 0) is 6.07 Å². The van der Waals surface area contributed by atoms with Crippen molar-refractivity contribution in [2.24, 2.45) is 5.73 Å². The van der Waals surface area contributed by atoms with Crippen molar-refractivity contribution in [3.05, 3.63) is 29.8 Å². The van der Waals surface area contributed by atoms with E-state index in [9.17, 15) is 8.42 Å². The Hall–Kier alpha value is -1.07. The molecule has 2 aliphatic rings. The zero-order valence-corrected chi connectivity index (χ0v) is 10.9. The topological polar surface area (TPSA) is 69.4 Å². The molecule has 1 spiro atoms. The van der Waals surface area contributed by atoms with E-state index in [1.165, 1.54) is 0 Å². The lowest BCUT2D eigenvalue weighted by molar-refractivity contribution is 0.0264. The molecule has 0 aliphatic carbocycles. The molecule has 2 heterocycles.